The van der Waals surface area contributed by atoms with Crippen LogP contribution in [0.4, 0.5) is 0 Å². The highest BCUT2D eigenvalue weighted by molar-refractivity contribution is 4.67. The van der Waals surface area contributed by atoms with Crippen molar-refractivity contribution in [1.82, 2.24) is 5.01 Å². The first-order chi connectivity index (χ1) is 3.83. The van der Waals surface area contributed by atoms with Crippen LogP contribution < -0.4 is 5.84 Å². The molecular weight excluding hydrogens is 104 g/mol. The predicted octanol–water partition coefficient (Wildman–Crippen LogP) is -1.54. The number of hydrogen-bond donors (Lipinski definition) is 2. The van der Waals surface area contributed by atoms with Crippen LogP contribution in [-0.4, -0.2) is 29.8 Å². The lowest BCUT2D eigenvalue weighted by Gasteiger charge is -2.01. The van der Waals surface area contributed by atoms with Crippen LogP contribution in [-0.2, 0) is 0 Å². The molecule has 3 heteroatoms. The lowest BCUT2D eigenvalue weighted by molar-refractivity contribution is -0.569. The molecule has 1 heterocycles. The molecule has 1 unspecified atom stereocenters. The molecule has 0 aromatic carbocycles. The van der Waals surface area contributed by atoms with Crippen molar-refractivity contribution in [1.29, 1.82) is 0 Å². The highest BCUT2D eigenvalue weighted by atomic mass is 16.3. The van der Waals surface area contributed by atoms with Crippen LogP contribution in [0.25, 0.3) is 0 Å². The number of hydrogen-bond acceptors (Lipinski definition) is 2. The first kappa shape index (κ1) is 6.01. The fourth-order valence-corrected chi connectivity index (χ4v) is 1.06. The highest BCUT2D eigenvalue weighted by Gasteiger charge is 2.20. The van der Waals surface area contributed by atoms with E-state index in [2.05, 4.69) is 5.84 Å². The SMILES string of the molecule is [NH3+]N1CCC(CO)C1. The zero-order chi connectivity index (χ0) is 5.98. The molecule has 1 aliphatic heterocycles. The molecule has 3 nitrogen and oxygen atoms in total. The van der Waals surface area contributed by atoms with Gasteiger partial charge in [-0.15, -0.1) is 0 Å². The van der Waals surface area contributed by atoms with Crippen molar-refractivity contribution in [2.24, 2.45) is 5.92 Å². The Morgan fingerprint density at radius 2 is 2.50 bits per heavy atom. The number of nitrogens with zero attached hydrogens (tertiary/aromatic N) is 1. The van der Waals surface area contributed by atoms with Crippen molar-refractivity contribution < 1.29 is 10.9 Å². The van der Waals surface area contributed by atoms with Gasteiger partial charge >= 0.3 is 0 Å². The van der Waals surface area contributed by atoms with Crippen LogP contribution in [0.2, 0.25) is 0 Å². The van der Waals surface area contributed by atoms with E-state index in [9.17, 15) is 0 Å². The Morgan fingerprint density at radius 3 is 2.75 bits per heavy atom. The molecule has 0 bridgehead atoms. The molecular formula is C5H13N2O+. The summed E-state index contributed by atoms with van der Waals surface area (Å²) in [5, 5.41) is 10.6. The van der Waals surface area contributed by atoms with E-state index >= 15 is 0 Å². The minimum atomic E-state index is 0.325. The van der Waals surface area contributed by atoms with Crippen LogP contribution in [0.1, 0.15) is 6.42 Å². The third-order valence-electron chi connectivity index (χ3n) is 1.63. The zero-order valence-corrected chi connectivity index (χ0v) is 5.01. The Bertz CT molecular complexity index is 76.8. The monoisotopic (exact) mass is 117 g/mol. The second-order valence-corrected chi connectivity index (χ2v) is 2.41. The number of aliphatic hydroxyl groups is 1. The number of rotatable bonds is 1. The van der Waals surface area contributed by atoms with Crippen LogP contribution in [0.3, 0.4) is 0 Å². The maximum Gasteiger partial charge on any atom is 0.0524 e. The summed E-state index contributed by atoms with van der Waals surface area (Å²) in [5.74, 6) is 4.25. The van der Waals surface area contributed by atoms with Crippen LogP contribution >= 0.6 is 0 Å². The zero-order valence-electron chi connectivity index (χ0n) is 5.01. The van der Waals surface area contributed by atoms with Crippen molar-refractivity contribution in [2.75, 3.05) is 19.7 Å². The first-order valence-electron chi connectivity index (χ1n) is 2.99. The molecule has 0 amide bonds. The summed E-state index contributed by atoms with van der Waals surface area (Å²) < 4.78 is 0. The average molecular weight is 117 g/mol. The molecule has 1 saturated heterocycles. The minimum absolute atomic E-state index is 0.325. The molecule has 1 rings (SSSR count). The Hall–Kier alpha value is -0.120. The van der Waals surface area contributed by atoms with Gasteiger partial charge in [-0.05, 0) is 6.42 Å². The van der Waals surface area contributed by atoms with Gasteiger partial charge in [-0.1, -0.05) is 0 Å². The van der Waals surface area contributed by atoms with E-state index in [4.69, 9.17) is 5.11 Å². The van der Waals surface area contributed by atoms with E-state index in [0.717, 1.165) is 19.5 Å². The number of quaternary nitrogens is 1. The fraction of sp³-hybridized carbons (Fsp3) is 1.00. The second-order valence-electron chi connectivity index (χ2n) is 2.41. The fourth-order valence-electron chi connectivity index (χ4n) is 1.06. The van der Waals surface area contributed by atoms with Gasteiger partial charge in [0, 0.05) is 19.1 Å². The van der Waals surface area contributed by atoms with Crippen molar-refractivity contribution >= 4 is 0 Å². The normalized spacial score (nSPS) is 31.5. The van der Waals surface area contributed by atoms with Gasteiger partial charge in [0.2, 0.25) is 0 Å². The summed E-state index contributed by atoms with van der Waals surface area (Å²) in [5.41, 5.74) is 0. The lowest BCUT2D eigenvalue weighted by Crippen LogP contribution is -2.66. The quantitative estimate of drug-likeness (QED) is 0.437. The maximum atomic E-state index is 8.63. The molecule has 4 N–H and O–H groups in total. The standard InChI is InChI=1S/C5H12N2O/c6-7-2-1-5(3-7)4-8/h5,8H,1-4,6H2/p+1. The minimum Gasteiger partial charge on any atom is -0.396 e. The van der Waals surface area contributed by atoms with Crippen LogP contribution in [0.15, 0.2) is 0 Å². The van der Waals surface area contributed by atoms with E-state index in [1.165, 1.54) is 0 Å². The summed E-state index contributed by atoms with van der Waals surface area (Å²) in [6, 6.07) is 0. The second kappa shape index (κ2) is 2.44. The average Bonchev–Trinajstić information content (AvgIpc) is 2.14. The highest BCUT2D eigenvalue weighted by Crippen LogP contribution is 2.09. The molecule has 1 fully saturated rings. The molecule has 8 heavy (non-hydrogen) atoms. The maximum absolute atomic E-state index is 8.63. The van der Waals surface area contributed by atoms with E-state index in [0.29, 0.717) is 12.5 Å². The molecule has 0 aromatic rings. The predicted molar refractivity (Wildman–Crippen MR) is 29.7 cm³/mol. The summed E-state index contributed by atoms with van der Waals surface area (Å²) in [6.07, 6.45) is 1.11. The topological polar surface area (TPSA) is 51.1 Å². The molecule has 1 aliphatic rings. The molecule has 0 saturated carbocycles. The molecule has 0 aliphatic carbocycles. The third kappa shape index (κ3) is 1.18. The van der Waals surface area contributed by atoms with Gasteiger partial charge in [0.15, 0.2) is 0 Å². The molecule has 0 aromatic heterocycles. The summed E-state index contributed by atoms with van der Waals surface area (Å²) in [4.78, 5) is 0. The Kier molecular flexibility index (Phi) is 1.83. The smallest absolute Gasteiger partial charge is 0.0524 e. The van der Waals surface area contributed by atoms with Gasteiger partial charge < -0.3 is 5.11 Å². The summed E-state index contributed by atoms with van der Waals surface area (Å²) >= 11 is 0. The largest absolute Gasteiger partial charge is 0.396 e. The lowest BCUT2D eigenvalue weighted by atomic mass is 10.1. The van der Waals surface area contributed by atoms with Gasteiger partial charge in [0.05, 0.1) is 6.54 Å². The van der Waals surface area contributed by atoms with Crippen LogP contribution in [0.5, 0.6) is 0 Å². The van der Waals surface area contributed by atoms with E-state index < -0.39 is 0 Å². The third-order valence-corrected chi connectivity index (χ3v) is 1.63. The Morgan fingerprint density at radius 1 is 1.75 bits per heavy atom. The van der Waals surface area contributed by atoms with Gasteiger partial charge in [0.25, 0.3) is 0 Å². The first-order valence-corrected chi connectivity index (χ1v) is 2.99. The summed E-state index contributed by atoms with van der Waals surface area (Å²) in [7, 11) is 0. The molecule has 0 spiro atoms. The molecule has 48 valence electrons. The van der Waals surface area contributed by atoms with Crippen molar-refractivity contribution in [3.63, 3.8) is 0 Å². The van der Waals surface area contributed by atoms with Crippen molar-refractivity contribution in [2.45, 2.75) is 6.42 Å². The molecule has 0 radical (unpaired) electrons. The van der Waals surface area contributed by atoms with Gasteiger partial charge in [-0.2, -0.15) is 5.01 Å². The molecule has 1 atom stereocenters. The number of aliphatic hydroxyl groups excluding tert-OH is 1. The van der Waals surface area contributed by atoms with Gasteiger partial charge in [0.1, 0.15) is 0 Å². The van der Waals surface area contributed by atoms with E-state index in [1.807, 2.05) is 5.01 Å². The Labute approximate surface area is 49.1 Å². The Balaban J connectivity index is 2.22. The van der Waals surface area contributed by atoms with E-state index in [1.54, 1.807) is 0 Å². The van der Waals surface area contributed by atoms with Crippen molar-refractivity contribution in [3.05, 3.63) is 0 Å². The summed E-state index contributed by atoms with van der Waals surface area (Å²) in [6.45, 7) is 2.34. The van der Waals surface area contributed by atoms with Gasteiger partial charge in [-0.25, -0.2) is 0 Å². The van der Waals surface area contributed by atoms with Crippen molar-refractivity contribution in [3.8, 4) is 0 Å². The van der Waals surface area contributed by atoms with E-state index in [-0.39, 0.29) is 0 Å². The van der Waals surface area contributed by atoms with Gasteiger partial charge in [-0.3, -0.25) is 5.84 Å². The van der Waals surface area contributed by atoms with Crippen LogP contribution in [0, 0.1) is 5.92 Å².